The van der Waals surface area contributed by atoms with Crippen molar-refractivity contribution in [2.45, 2.75) is 161 Å². The molecule has 0 aliphatic heterocycles. The number of ether oxygens (including phenoxy) is 2. The highest BCUT2D eigenvalue weighted by atomic mass is 16.5. The average molecular weight is 554 g/mol. The number of hydrogen-bond acceptors (Lipinski definition) is 6. The van der Waals surface area contributed by atoms with Gasteiger partial charge in [0, 0.05) is 31.3 Å². The van der Waals surface area contributed by atoms with E-state index >= 15 is 0 Å². The van der Waals surface area contributed by atoms with Crippen molar-refractivity contribution in [3.8, 4) is 0 Å². The van der Waals surface area contributed by atoms with E-state index < -0.39 is 0 Å². The van der Waals surface area contributed by atoms with Gasteiger partial charge < -0.3 is 14.6 Å². The summed E-state index contributed by atoms with van der Waals surface area (Å²) in [6.07, 6.45) is 24.1. The van der Waals surface area contributed by atoms with Crippen LogP contribution in [0.15, 0.2) is 0 Å². The average Bonchev–Trinajstić information content (AvgIpc) is 2.95. The zero-order valence-electron chi connectivity index (χ0n) is 25.8. The summed E-state index contributed by atoms with van der Waals surface area (Å²) in [7, 11) is 0. The topological polar surface area (TPSA) is 76.1 Å². The molecule has 0 aromatic rings. The number of hydrogen-bond donors (Lipinski definition) is 1. The molecule has 1 saturated carbocycles. The molecule has 0 atom stereocenters. The van der Waals surface area contributed by atoms with Gasteiger partial charge in [0.1, 0.15) is 0 Å². The molecule has 1 rings (SSSR count). The van der Waals surface area contributed by atoms with E-state index in [2.05, 4.69) is 18.7 Å². The van der Waals surface area contributed by atoms with Crippen LogP contribution in [0.4, 0.5) is 0 Å². The maximum Gasteiger partial charge on any atom is 0.305 e. The van der Waals surface area contributed by atoms with Gasteiger partial charge in [-0.1, -0.05) is 104 Å². The summed E-state index contributed by atoms with van der Waals surface area (Å²) in [6.45, 7) is 7.19. The highest BCUT2D eigenvalue weighted by Gasteiger charge is 2.20. The Morgan fingerprint density at radius 2 is 1.21 bits per heavy atom. The van der Waals surface area contributed by atoms with Crippen LogP contribution in [0.1, 0.15) is 155 Å². The zero-order valence-corrected chi connectivity index (χ0v) is 25.8. The molecule has 0 amide bonds. The molecule has 6 nitrogen and oxygen atoms in total. The highest BCUT2D eigenvalue weighted by molar-refractivity contribution is 5.69. The van der Waals surface area contributed by atoms with Gasteiger partial charge in [-0.2, -0.15) is 0 Å². The van der Waals surface area contributed by atoms with E-state index in [1.54, 1.807) is 0 Å². The van der Waals surface area contributed by atoms with Gasteiger partial charge in [0.15, 0.2) is 0 Å². The summed E-state index contributed by atoms with van der Waals surface area (Å²) in [5, 5.41) is 9.50. The first-order chi connectivity index (χ1) is 19.1. The molecule has 0 aromatic carbocycles. The van der Waals surface area contributed by atoms with Crippen molar-refractivity contribution in [2.75, 3.05) is 32.9 Å². The van der Waals surface area contributed by atoms with Gasteiger partial charge in [-0.15, -0.1) is 0 Å². The lowest BCUT2D eigenvalue weighted by molar-refractivity contribution is -0.149. The molecular weight excluding hydrogens is 490 g/mol. The number of unbranched alkanes of at least 4 members (excludes halogenated alkanes) is 11. The molecule has 0 radical (unpaired) electrons. The van der Waals surface area contributed by atoms with Crippen molar-refractivity contribution in [3.05, 3.63) is 0 Å². The Hall–Kier alpha value is -1.14. The van der Waals surface area contributed by atoms with Gasteiger partial charge in [0.05, 0.1) is 19.8 Å². The summed E-state index contributed by atoms with van der Waals surface area (Å²) < 4.78 is 11.2. The molecule has 1 aliphatic carbocycles. The third-order valence-electron chi connectivity index (χ3n) is 8.21. The summed E-state index contributed by atoms with van der Waals surface area (Å²) in [5.41, 5.74) is 0. The maximum absolute atomic E-state index is 12.3. The Morgan fingerprint density at radius 3 is 1.74 bits per heavy atom. The number of rotatable bonds is 26. The Bertz CT molecular complexity index is 548. The van der Waals surface area contributed by atoms with Crippen molar-refractivity contribution in [2.24, 2.45) is 5.92 Å². The standard InChI is InChI=1S/C33H63NO5/c1-3-5-7-9-17-23-32(36)38-28-30(29-39-33(37)24-18-10-8-6-4-2)20-14-11-12-19-25-34(26-27-35)31-21-15-13-16-22-31/h30-31,35H,3-29H2,1-2H3. The third-order valence-corrected chi connectivity index (χ3v) is 8.21. The van der Waals surface area contributed by atoms with E-state index in [-0.39, 0.29) is 24.5 Å². The van der Waals surface area contributed by atoms with Gasteiger partial charge in [0.2, 0.25) is 0 Å². The SMILES string of the molecule is CCCCCCCC(=O)OCC(CCCCCCN(CCO)C1CCCCC1)COC(=O)CCCCCCC. The largest absolute Gasteiger partial charge is 0.465 e. The van der Waals surface area contributed by atoms with Gasteiger partial charge in [0.25, 0.3) is 0 Å². The summed E-state index contributed by atoms with van der Waals surface area (Å²) >= 11 is 0. The van der Waals surface area contributed by atoms with Crippen LogP contribution in [-0.2, 0) is 19.1 Å². The lowest BCUT2D eigenvalue weighted by Crippen LogP contribution is -2.39. The molecule has 0 bridgehead atoms. The number of aliphatic hydroxyl groups excluding tert-OH is 1. The van der Waals surface area contributed by atoms with Gasteiger partial charge >= 0.3 is 11.9 Å². The quantitative estimate of drug-likeness (QED) is 0.0864. The molecule has 1 fully saturated rings. The first kappa shape index (κ1) is 35.9. The Balaban J connectivity index is 2.35. The van der Waals surface area contributed by atoms with E-state index in [0.29, 0.717) is 32.1 Å². The zero-order chi connectivity index (χ0) is 28.4. The molecule has 1 N–H and O–H groups in total. The molecule has 0 saturated heterocycles. The predicted molar refractivity (Wildman–Crippen MR) is 161 cm³/mol. The maximum atomic E-state index is 12.3. The van der Waals surface area contributed by atoms with Crippen molar-refractivity contribution in [1.29, 1.82) is 0 Å². The summed E-state index contributed by atoms with van der Waals surface area (Å²) in [6, 6.07) is 0.651. The number of nitrogens with zero attached hydrogens (tertiary/aromatic N) is 1. The highest BCUT2D eigenvalue weighted by Crippen LogP contribution is 2.23. The third kappa shape index (κ3) is 20.4. The Kier molecular flexibility index (Phi) is 23.7. The molecule has 0 spiro atoms. The molecular formula is C33H63NO5. The number of carbonyl (C=O) groups excluding carboxylic acids is 2. The van der Waals surface area contributed by atoms with Gasteiger partial charge in [-0.05, 0) is 45.1 Å². The lowest BCUT2D eigenvalue weighted by atomic mass is 9.94. The minimum atomic E-state index is -0.120. The van der Waals surface area contributed by atoms with Crippen LogP contribution in [0.3, 0.4) is 0 Å². The minimum Gasteiger partial charge on any atom is -0.465 e. The first-order valence-electron chi connectivity index (χ1n) is 16.8. The van der Waals surface area contributed by atoms with E-state index in [1.165, 1.54) is 70.6 Å². The molecule has 1 aliphatic rings. The monoisotopic (exact) mass is 553 g/mol. The van der Waals surface area contributed by atoms with Crippen LogP contribution < -0.4 is 0 Å². The van der Waals surface area contributed by atoms with Crippen molar-refractivity contribution >= 4 is 11.9 Å². The van der Waals surface area contributed by atoms with Crippen LogP contribution in [0, 0.1) is 5.92 Å². The fourth-order valence-corrected chi connectivity index (χ4v) is 5.68. The summed E-state index contributed by atoms with van der Waals surface area (Å²) in [5.74, 6) is -0.165. The lowest BCUT2D eigenvalue weighted by Gasteiger charge is -2.34. The predicted octanol–water partition coefficient (Wildman–Crippen LogP) is 7.99. The van der Waals surface area contributed by atoms with E-state index in [9.17, 15) is 14.7 Å². The second-order valence-corrected chi connectivity index (χ2v) is 11.8. The molecule has 0 heterocycles. The van der Waals surface area contributed by atoms with Crippen molar-refractivity contribution < 1.29 is 24.2 Å². The van der Waals surface area contributed by atoms with E-state index in [4.69, 9.17) is 9.47 Å². The fourth-order valence-electron chi connectivity index (χ4n) is 5.68. The molecule has 0 aromatic heterocycles. The fraction of sp³-hybridized carbons (Fsp3) is 0.939. The summed E-state index contributed by atoms with van der Waals surface area (Å²) in [4.78, 5) is 27.0. The van der Waals surface area contributed by atoms with Gasteiger partial charge in [-0.25, -0.2) is 0 Å². The van der Waals surface area contributed by atoms with Crippen molar-refractivity contribution in [3.63, 3.8) is 0 Å². The molecule has 6 heteroatoms. The van der Waals surface area contributed by atoms with Crippen LogP contribution >= 0.6 is 0 Å². The first-order valence-corrected chi connectivity index (χ1v) is 16.8. The molecule has 39 heavy (non-hydrogen) atoms. The van der Waals surface area contributed by atoms with Crippen LogP contribution in [0.5, 0.6) is 0 Å². The van der Waals surface area contributed by atoms with E-state index in [0.717, 1.165) is 70.9 Å². The minimum absolute atomic E-state index is 0.0752. The number of esters is 2. The van der Waals surface area contributed by atoms with Crippen LogP contribution in [0.2, 0.25) is 0 Å². The van der Waals surface area contributed by atoms with Crippen LogP contribution in [-0.4, -0.2) is 60.9 Å². The normalized spacial score (nSPS) is 14.3. The smallest absolute Gasteiger partial charge is 0.305 e. The second kappa shape index (κ2) is 25.8. The number of aliphatic hydroxyl groups is 1. The Labute approximate surface area is 241 Å². The Morgan fingerprint density at radius 1 is 0.692 bits per heavy atom. The van der Waals surface area contributed by atoms with Gasteiger partial charge in [-0.3, -0.25) is 14.5 Å². The number of carbonyl (C=O) groups is 2. The van der Waals surface area contributed by atoms with Crippen LogP contribution in [0.25, 0.3) is 0 Å². The second-order valence-electron chi connectivity index (χ2n) is 11.8. The molecule has 230 valence electrons. The van der Waals surface area contributed by atoms with Crippen molar-refractivity contribution in [1.82, 2.24) is 4.90 Å². The van der Waals surface area contributed by atoms with E-state index in [1.807, 2.05) is 0 Å². The molecule has 0 unspecified atom stereocenters.